The van der Waals surface area contributed by atoms with Crippen LogP contribution in [0.2, 0.25) is 0 Å². The van der Waals surface area contributed by atoms with Crippen LogP contribution in [0.15, 0.2) is 46.2 Å². The van der Waals surface area contributed by atoms with E-state index in [1.165, 1.54) is 24.3 Å². The molecule has 1 heterocycles. The van der Waals surface area contributed by atoms with Gasteiger partial charge in [0.05, 0.1) is 16.1 Å². The Bertz CT molecular complexity index is 746. The van der Waals surface area contributed by atoms with E-state index in [1.807, 2.05) is 0 Å². The number of carbonyl (C=O) groups is 2. The molecule has 0 spiro atoms. The van der Waals surface area contributed by atoms with Crippen molar-refractivity contribution in [2.24, 2.45) is 0 Å². The minimum Gasteiger partial charge on any atom is -0.318 e. The average Bonchev–Trinajstić information content (AvgIpc) is 2.66. The van der Waals surface area contributed by atoms with Crippen molar-refractivity contribution in [1.82, 2.24) is 0 Å². The van der Waals surface area contributed by atoms with Crippen LogP contribution in [0.1, 0.15) is 10.4 Å². The zero-order valence-electron chi connectivity index (χ0n) is 9.94. The second-order valence-corrected chi connectivity index (χ2v) is 5.29. The number of Topliss-reactive ketones (excluding diaryl/α,β-unsaturated/α-hetero) is 1. The molecule has 20 heavy (non-hydrogen) atoms. The van der Waals surface area contributed by atoms with E-state index in [9.17, 15) is 18.4 Å². The summed E-state index contributed by atoms with van der Waals surface area (Å²) in [5.41, 5.74) is 0.302. The summed E-state index contributed by atoms with van der Waals surface area (Å²) in [5.74, 6) is -2.56. The quantitative estimate of drug-likeness (QED) is 0.864. The fourth-order valence-electron chi connectivity index (χ4n) is 1.88. The molecule has 0 aromatic heterocycles. The molecule has 0 unspecified atom stereocenters. The summed E-state index contributed by atoms with van der Waals surface area (Å²) in [6.07, 6.45) is 0. The maximum atomic E-state index is 13.9. The molecule has 0 bridgehead atoms. The van der Waals surface area contributed by atoms with Crippen LogP contribution in [-0.4, -0.2) is 11.7 Å². The summed E-state index contributed by atoms with van der Waals surface area (Å²) >= 11 is 1.02. The predicted molar refractivity (Wildman–Crippen MR) is 69.9 cm³/mol. The first-order valence-corrected chi connectivity index (χ1v) is 6.49. The van der Waals surface area contributed by atoms with Gasteiger partial charge in [-0.2, -0.15) is 0 Å². The van der Waals surface area contributed by atoms with E-state index in [4.69, 9.17) is 0 Å². The highest BCUT2D eigenvalue weighted by Gasteiger charge is 2.29. The summed E-state index contributed by atoms with van der Waals surface area (Å²) in [6.45, 7) is 0. The molecule has 3 nitrogen and oxygen atoms in total. The lowest BCUT2D eigenvalue weighted by Gasteiger charge is -2.06. The van der Waals surface area contributed by atoms with Gasteiger partial charge in [0.2, 0.25) is 0 Å². The molecule has 1 aliphatic rings. The lowest BCUT2D eigenvalue weighted by molar-refractivity contribution is -0.112. The van der Waals surface area contributed by atoms with E-state index in [0.29, 0.717) is 4.90 Å². The third-order valence-electron chi connectivity index (χ3n) is 2.79. The van der Waals surface area contributed by atoms with E-state index in [1.54, 1.807) is 6.07 Å². The topological polar surface area (TPSA) is 46.2 Å². The van der Waals surface area contributed by atoms with Gasteiger partial charge in [0.25, 0.3) is 11.7 Å². The zero-order valence-corrected chi connectivity index (χ0v) is 10.8. The number of rotatable bonds is 2. The van der Waals surface area contributed by atoms with Crippen molar-refractivity contribution >= 4 is 29.1 Å². The molecule has 0 aliphatic carbocycles. The summed E-state index contributed by atoms with van der Waals surface area (Å²) in [5, 5.41) is 2.37. The molecule has 1 amide bonds. The van der Waals surface area contributed by atoms with Crippen LogP contribution in [0, 0.1) is 11.6 Å². The second kappa shape index (κ2) is 4.72. The number of benzene rings is 2. The fraction of sp³-hybridized carbons (Fsp3) is 0. The third kappa shape index (κ3) is 2.18. The molecular formula is C14H7F2NO2S. The average molecular weight is 291 g/mol. The Labute approximate surface area is 117 Å². The lowest BCUT2D eigenvalue weighted by atomic mass is 10.1. The van der Waals surface area contributed by atoms with E-state index in [2.05, 4.69) is 5.32 Å². The molecule has 0 saturated carbocycles. The number of nitrogens with one attached hydrogen (secondary N) is 1. The third-order valence-corrected chi connectivity index (χ3v) is 3.82. The molecule has 1 aliphatic heterocycles. The number of anilines is 1. The number of fused-ring (bicyclic) bond motifs is 1. The summed E-state index contributed by atoms with van der Waals surface area (Å²) in [7, 11) is 0. The molecule has 1 N–H and O–H groups in total. The summed E-state index contributed by atoms with van der Waals surface area (Å²) in [6, 6.07) is 8.14. The Morgan fingerprint density at radius 2 is 1.85 bits per heavy atom. The van der Waals surface area contributed by atoms with Crippen LogP contribution < -0.4 is 5.32 Å². The van der Waals surface area contributed by atoms with Gasteiger partial charge < -0.3 is 5.32 Å². The normalized spacial score (nSPS) is 13.3. The molecule has 0 fully saturated rings. The smallest absolute Gasteiger partial charge is 0.296 e. The molecule has 6 heteroatoms. The van der Waals surface area contributed by atoms with Gasteiger partial charge in [-0.1, -0.05) is 17.8 Å². The van der Waals surface area contributed by atoms with Crippen molar-refractivity contribution in [2.45, 2.75) is 9.79 Å². The number of amides is 1. The van der Waals surface area contributed by atoms with Gasteiger partial charge in [0, 0.05) is 4.90 Å². The van der Waals surface area contributed by atoms with Crippen molar-refractivity contribution in [2.75, 3.05) is 5.32 Å². The Kier molecular flexibility index (Phi) is 3.02. The SMILES string of the molecule is O=C1Nc2cc(Sc3cccc(F)c3)c(F)cc2C1=O. The Morgan fingerprint density at radius 3 is 2.60 bits per heavy atom. The van der Waals surface area contributed by atoms with E-state index in [-0.39, 0.29) is 16.1 Å². The molecule has 3 rings (SSSR count). The molecule has 2 aromatic rings. The molecule has 2 aromatic carbocycles. The zero-order chi connectivity index (χ0) is 14.3. The van der Waals surface area contributed by atoms with Gasteiger partial charge in [0.15, 0.2) is 0 Å². The highest BCUT2D eigenvalue weighted by atomic mass is 32.2. The number of ketones is 1. The molecule has 0 radical (unpaired) electrons. The number of hydrogen-bond donors (Lipinski definition) is 1. The number of hydrogen-bond acceptors (Lipinski definition) is 3. The van der Waals surface area contributed by atoms with Gasteiger partial charge >= 0.3 is 0 Å². The van der Waals surface area contributed by atoms with E-state index >= 15 is 0 Å². The van der Waals surface area contributed by atoms with Crippen molar-refractivity contribution in [3.63, 3.8) is 0 Å². The maximum Gasteiger partial charge on any atom is 0.296 e. The molecule has 0 atom stereocenters. The summed E-state index contributed by atoms with van der Waals surface area (Å²) in [4.78, 5) is 23.4. The first-order chi connectivity index (χ1) is 9.54. The van der Waals surface area contributed by atoms with Gasteiger partial charge in [-0.25, -0.2) is 8.78 Å². The van der Waals surface area contributed by atoms with Crippen molar-refractivity contribution in [3.8, 4) is 0 Å². The lowest BCUT2D eigenvalue weighted by Crippen LogP contribution is -2.12. The standard InChI is InChI=1S/C14H7F2NO2S/c15-7-2-1-3-8(4-7)20-12-6-11-9(5-10(12)16)13(18)14(19)17-11/h1-6H,(H,17,18,19). The summed E-state index contributed by atoms with van der Waals surface area (Å²) < 4.78 is 27.0. The Morgan fingerprint density at radius 1 is 1.05 bits per heavy atom. The highest BCUT2D eigenvalue weighted by molar-refractivity contribution is 7.99. The largest absolute Gasteiger partial charge is 0.318 e. The van der Waals surface area contributed by atoms with Crippen molar-refractivity contribution < 1.29 is 18.4 Å². The first-order valence-electron chi connectivity index (χ1n) is 5.67. The Balaban J connectivity index is 1.98. The van der Waals surface area contributed by atoms with Gasteiger partial charge in [-0.05, 0) is 30.3 Å². The highest BCUT2D eigenvalue weighted by Crippen LogP contribution is 2.35. The minimum atomic E-state index is -0.771. The minimum absolute atomic E-state index is 0.0242. The number of halogens is 2. The molecule has 100 valence electrons. The van der Waals surface area contributed by atoms with Gasteiger partial charge in [0.1, 0.15) is 11.6 Å². The monoisotopic (exact) mass is 291 g/mol. The second-order valence-electron chi connectivity index (χ2n) is 4.17. The van der Waals surface area contributed by atoms with Crippen LogP contribution >= 0.6 is 11.8 Å². The predicted octanol–water partition coefficient (Wildman–Crippen LogP) is 3.25. The Hall–Kier alpha value is -2.21. The number of carbonyl (C=O) groups excluding carboxylic acids is 2. The van der Waals surface area contributed by atoms with E-state index < -0.39 is 23.3 Å². The van der Waals surface area contributed by atoms with Crippen molar-refractivity contribution in [3.05, 3.63) is 53.6 Å². The van der Waals surface area contributed by atoms with Crippen LogP contribution in [-0.2, 0) is 4.79 Å². The van der Waals surface area contributed by atoms with Crippen LogP contribution in [0.5, 0.6) is 0 Å². The fourth-order valence-corrected chi connectivity index (χ4v) is 2.79. The molecule has 0 saturated heterocycles. The van der Waals surface area contributed by atoms with Crippen LogP contribution in [0.3, 0.4) is 0 Å². The van der Waals surface area contributed by atoms with E-state index in [0.717, 1.165) is 17.8 Å². The molecular weight excluding hydrogens is 284 g/mol. The first kappa shape index (κ1) is 12.8. The van der Waals surface area contributed by atoms with Crippen LogP contribution in [0.25, 0.3) is 0 Å². The maximum absolute atomic E-state index is 13.9. The van der Waals surface area contributed by atoms with Gasteiger partial charge in [-0.3, -0.25) is 9.59 Å². The van der Waals surface area contributed by atoms with Gasteiger partial charge in [-0.15, -0.1) is 0 Å². The van der Waals surface area contributed by atoms with Crippen molar-refractivity contribution in [1.29, 1.82) is 0 Å². The van der Waals surface area contributed by atoms with Crippen LogP contribution in [0.4, 0.5) is 14.5 Å².